The summed E-state index contributed by atoms with van der Waals surface area (Å²) < 4.78 is 24.2. The number of nitrogens with one attached hydrogen (secondary N) is 2. The smallest absolute Gasteiger partial charge is 0.273 e. The van der Waals surface area contributed by atoms with Crippen molar-refractivity contribution < 1.29 is 18.3 Å². The number of nitrogen functional groups attached to an aromatic ring is 1. The summed E-state index contributed by atoms with van der Waals surface area (Å²) in [6.45, 7) is -0.623. The number of rotatable bonds is 6. The summed E-state index contributed by atoms with van der Waals surface area (Å²) in [6, 6.07) is 8.19. The van der Waals surface area contributed by atoms with Gasteiger partial charge >= 0.3 is 0 Å². The van der Waals surface area contributed by atoms with Gasteiger partial charge in [0.1, 0.15) is 35.9 Å². The van der Waals surface area contributed by atoms with E-state index in [9.17, 15) is 4.39 Å². The van der Waals surface area contributed by atoms with E-state index in [1.807, 2.05) is 0 Å². The molecule has 11 heteroatoms. The van der Waals surface area contributed by atoms with Gasteiger partial charge < -0.3 is 20.3 Å². The van der Waals surface area contributed by atoms with Crippen molar-refractivity contribution in [3.8, 4) is 17.2 Å². The van der Waals surface area contributed by atoms with Gasteiger partial charge in [-0.05, 0) is 12.1 Å². The first-order valence-corrected chi connectivity index (χ1v) is 8.90. The predicted octanol–water partition coefficient (Wildman–Crippen LogP) is 1.97. The number of methoxy groups -OCH3 is 1. The van der Waals surface area contributed by atoms with Gasteiger partial charge in [-0.25, -0.2) is 9.37 Å². The SMILES string of the molecule is COc1cnc2c(NCC(=N)[n+]3nc(-c4cc(CF)no4)ccc3N)ccnc2c1. The van der Waals surface area contributed by atoms with Crippen molar-refractivity contribution >= 4 is 28.4 Å². The summed E-state index contributed by atoms with van der Waals surface area (Å²) in [5, 5.41) is 19.5. The molecule has 10 nitrogen and oxygen atoms in total. The highest BCUT2D eigenvalue weighted by Gasteiger charge is 2.17. The molecule has 0 saturated heterocycles. The molecule has 0 aromatic carbocycles. The van der Waals surface area contributed by atoms with Crippen LogP contribution >= 0.6 is 0 Å². The molecule has 0 radical (unpaired) electrons. The van der Waals surface area contributed by atoms with Crippen LogP contribution in [0.15, 0.2) is 47.2 Å². The Hall–Kier alpha value is -4.15. The van der Waals surface area contributed by atoms with Crippen LogP contribution in [-0.2, 0) is 6.67 Å². The van der Waals surface area contributed by atoms with Gasteiger partial charge in [0.05, 0.1) is 24.5 Å². The number of alkyl halides is 1. The summed E-state index contributed by atoms with van der Waals surface area (Å²) >= 11 is 0. The number of anilines is 2. The zero-order valence-corrected chi connectivity index (χ0v) is 16.0. The fraction of sp³-hybridized carbons (Fsp3) is 0.158. The zero-order chi connectivity index (χ0) is 21.1. The van der Waals surface area contributed by atoms with E-state index < -0.39 is 6.67 Å². The van der Waals surface area contributed by atoms with Crippen LogP contribution in [0.3, 0.4) is 0 Å². The van der Waals surface area contributed by atoms with Crippen molar-refractivity contribution in [3.05, 3.63) is 48.4 Å². The fourth-order valence-corrected chi connectivity index (χ4v) is 2.80. The number of hydrogen-bond donors (Lipinski definition) is 3. The second-order valence-electron chi connectivity index (χ2n) is 6.27. The van der Waals surface area contributed by atoms with Gasteiger partial charge in [-0.15, -0.1) is 9.78 Å². The molecule has 0 unspecified atom stereocenters. The molecule has 4 rings (SSSR count). The van der Waals surface area contributed by atoms with Gasteiger partial charge in [-0.1, -0.05) is 5.16 Å². The van der Waals surface area contributed by atoms with Gasteiger partial charge in [0, 0.05) is 24.4 Å². The molecular weight excluding hydrogens is 391 g/mol. The largest absolute Gasteiger partial charge is 0.495 e. The Morgan fingerprint density at radius 2 is 2.17 bits per heavy atom. The summed E-state index contributed by atoms with van der Waals surface area (Å²) in [6.07, 6.45) is 3.24. The molecule has 152 valence electrons. The lowest BCUT2D eigenvalue weighted by Crippen LogP contribution is -2.51. The van der Waals surface area contributed by atoms with Crippen LogP contribution in [0.1, 0.15) is 5.69 Å². The molecule has 0 spiro atoms. The maximum Gasteiger partial charge on any atom is 0.273 e. The van der Waals surface area contributed by atoms with Gasteiger partial charge in [-0.3, -0.25) is 4.98 Å². The van der Waals surface area contributed by atoms with Crippen molar-refractivity contribution in [2.24, 2.45) is 0 Å². The van der Waals surface area contributed by atoms with Crippen molar-refractivity contribution in [2.45, 2.75) is 6.67 Å². The number of nitrogens with zero attached hydrogens (tertiary/aromatic N) is 5. The molecule has 4 aromatic rings. The minimum Gasteiger partial charge on any atom is -0.495 e. The van der Waals surface area contributed by atoms with Crippen LogP contribution in [0.2, 0.25) is 0 Å². The minimum absolute atomic E-state index is 0.0815. The van der Waals surface area contributed by atoms with Crippen LogP contribution in [0.25, 0.3) is 22.5 Å². The highest BCUT2D eigenvalue weighted by molar-refractivity contribution is 5.89. The number of nitrogens with two attached hydrogens (primary N) is 1. The summed E-state index contributed by atoms with van der Waals surface area (Å²) in [4.78, 5) is 8.65. The molecule has 4 aromatic heterocycles. The molecule has 0 saturated carbocycles. The first kappa shape index (κ1) is 19.2. The molecule has 0 atom stereocenters. The summed E-state index contributed by atoms with van der Waals surface area (Å²) in [7, 11) is 1.56. The molecule has 0 bridgehead atoms. The number of ether oxygens (including phenoxy) is 1. The Kier molecular flexibility index (Phi) is 5.16. The van der Waals surface area contributed by atoms with Gasteiger partial charge in [-0.2, -0.15) is 5.41 Å². The molecule has 30 heavy (non-hydrogen) atoms. The third kappa shape index (κ3) is 3.72. The molecule has 0 aliphatic carbocycles. The van der Waals surface area contributed by atoms with Crippen LogP contribution in [0, 0.1) is 5.41 Å². The van der Waals surface area contributed by atoms with E-state index in [-0.39, 0.29) is 29.7 Å². The summed E-state index contributed by atoms with van der Waals surface area (Å²) in [5.41, 5.74) is 8.53. The fourth-order valence-electron chi connectivity index (χ4n) is 2.80. The van der Waals surface area contributed by atoms with E-state index in [1.54, 1.807) is 43.8 Å². The first-order chi connectivity index (χ1) is 14.6. The number of hydrogen-bond acceptors (Lipinski definition) is 9. The maximum absolute atomic E-state index is 12.7. The lowest BCUT2D eigenvalue weighted by Gasteiger charge is -2.09. The highest BCUT2D eigenvalue weighted by atomic mass is 19.1. The average molecular weight is 409 g/mol. The number of pyridine rings is 2. The van der Waals surface area contributed by atoms with Crippen LogP contribution in [-0.4, -0.2) is 39.7 Å². The van der Waals surface area contributed by atoms with Crippen LogP contribution in [0.4, 0.5) is 15.9 Å². The van der Waals surface area contributed by atoms with Crippen molar-refractivity contribution in [2.75, 3.05) is 24.7 Å². The molecule has 0 aliphatic rings. The second-order valence-corrected chi connectivity index (χ2v) is 6.27. The number of aromatic nitrogens is 5. The Balaban J connectivity index is 1.56. The van der Waals surface area contributed by atoms with Crippen molar-refractivity contribution in [1.29, 1.82) is 5.41 Å². The third-order valence-electron chi connectivity index (χ3n) is 4.30. The second kappa shape index (κ2) is 8.07. The Bertz CT molecular complexity index is 1230. The third-order valence-corrected chi connectivity index (χ3v) is 4.30. The molecule has 4 heterocycles. The Labute approximate surface area is 170 Å². The van der Waals surface area contributed by atoms with E-state index in [0.717, 1.165) is 0 Å². The van der Waals surface area contributed by atoms with Gasteiger partial charge in [0.25, 0.3) is 5.84 Å². The zero-order valence-electron chi connectivity index (χ0n) is 16.0. The minimum atomic E-state index is -0.738. The summed E-state index contributed by atoms with van der Waals surface area (Å²) in [5.74, 6) is 1.24. The molecule has 0 fully saturated rings. The van der Waals surface area contributed by atoms with Crippen molar-refractivity contribution in [3.63, 3.8) is 0 Å². The molecule has 0 amide bonds. The number of halogens is 1. The van der Waals surface area contributed by atoms with E-state index >= 15 is 0 Å². The van der Waals surface area contributed by atoms with Crippen LogP contribution in [0.5, 0.6) is 5.75 Å². The monoisotopic (exact) mass is 409 g/mol. The first-order valence-electron chi connectivity index (χ1n) is 8.90. The van der Waals surface area contributed by atoms with E-state index in [0.29, 0.717) is 28.2 Å². The lowest BCUT2D eigenvalue weighted by molar-refractivity contribution is -0.608. The van der Waals surface area contributed by atoms with E-state index in [1.165, 1.54) is 10.7 Å². The van der Waals surface area contributed by atoms with Crippen LogP contribution < -0.4 is 20.5 Å². The van der Waals surface area contributed by atoms with E-state index in [4.69, 9.17) is 20.4 Å². The lowest BCUT2D eigenvalue weighted by atomic mass is 10.2. The van der Waals surface area contributed by atoms with Gasteiger partial charge in [0.15, 0.2) is 5.76 Å². The Morgan fingerprint density at radius 1 is 1.30 bits per heavy atom. The number of fused-ring (bicyclic) bond motifs is 1. The standard InChI is InChI=1S/C19H17FN8O2/c1-29-12-7-15-19(25-9-12)14(4-5-23-15)24-10-18(22)28-17(21)3-2-13(26-28)16-6-11(8-20)27-30-16/h2-7,9,21-22H,8,10H2,1H3,(H,23,24)/p+1. The topological polar surface area (TPSA) is 140 Å². The molecule has 4 N–H and O–H groups in total. The molecular formula is C19H18FN8O2+. The van der Waals surface area contributed by atoms with Gasteiger partial charge in [0.2, 0.25) is 5.82 Å². The predicted molar refractivity (Wildman–Crippen MR) is 107 cm³/mol. The molecule has 0 aliphatic heterocycles. The average Bonchev–Trinajstić information content (AvgIpc) is 3.26. The van der Waals surface area contributed by atoms with Crippen molar-refractivity contribution in [1.82, 2.24) is 20.2 Å². The van der Waals surface area contributed by atoms with E-state index in [2.05, 4.69) is 25.5 Å². The Morgan fingerprint density at radius 3 is 2.93 bits per heavy atom. The highest BCUT2D eigenvalue weighted by Crippen LogP contribution is 2.22. The maximum atomic E-state index is 12.7. The normalized spacial score (nSPS) is 10.9. The quantitative estimate of drug-likeness (QED) is 0.249.